The first kappa shape index (κ1) is 30.7. The molecule has 2 heterocycles. The summed E-state index contributed by atoms with van der Waals surface area (Å²) in [5.74, 6) is 0.0209. The molecule has 0 unspecified atom stereocenters. The van der Waals surface area contributed by atoms with Crippen molar-refractivity contribution in [3.63, 3.8) is 0 Å². The third kappa shape index (κ3) is 6.42. The highest BCUT2D eigenvalue weighted by atomic mass is 32.1. The van der Waals surface area contributed by atoms with Crippen LogP contribution in [-0.2, 0) is 9.53 Å². The van der Waals surface area contributed by atoms with E-state index in [1.165, 1.54) is 23.8 Å². The lowest BCUT2D eigenvalue weighted by Crippen LogP contribution is -2.40. The van der Waals surface area contributed by atoms with Crippen molar-refractivity contribution >= 4 is 29.1 Å². The molecule has 1 aliphatic heterocycles. The van der Waals surface area contributed by atoms with E-state index in [0.717, 1.165) is 11.3 Å². The molecule has 3 aromatic carbocycles. The normalized spacial score (nSPS) is 14.8. The molecule has 0 spiro atoms. The number of halogens is 2. The van der Waals surface area contributed by atoms with E-state index in [4.69, 9.17) is 19.2 Å². The van der Waals surface area contributed by atoms with Gasteiger partial charge in [-0.15, -0.1) is 0 Å². The van der Waals surface area contributed by atoms with Crippen LogP contribution in [0.2, 0.25) is 0 Å². The molecule has 1 aromatic heterocycles. The maximum Gasteiger partial charge on any atom is 0.387 e. The number of fused-ring (bicyclic) bond motifs is 1. The van der Waals surface area contributed by atoms with Crippen LogP contribution in [-0.4, -0.2) is 37.0 Å². The monoisotopic (exact) mass is 620 g/mol. The first-order valence-electron chi connectivity index (χ1n) is 13.9. The predicted molar refractivity (Wildman–Crippen MR) is 163 cm³/mol. The summed E-state index contributed by atoms with van der Waals surface area (Å²) in [6, 6.07) is 20.0. The number of hydrogen-bond donors (Lipinski definition) is 0. The van der Waals surface area contributed by atoms with Crippen LogP contribution in [0.3, 0.4) is 0 Å². The van der Waals surface area contributed by atoms with Crippen molar-refractivity contribution in [3.8, 4) is 17.2 Å². The van der Waals surface area contributed by atoms with E-state index in [1.54, 1.807) is 31.2 Å². The number of nitrogens with zero attached hydrogens (tertiary/aromatic N) is 2. The third-order valence-corrected chi connectivity index (χ3v) is 7.63. The molecule has 44 heavy (non-hydrogen) atoms. The fourth-order valence-corrected chi connectivity index (χ4v) is 5.88. The van der Waals surface area contributed by atoms with Gasteiger partial charge in [-0.2, -0.15) is 8.78 Å². The Kier molecular flexibility index (Phi) is 9.24. The number of esters is 1. The Morgan fingerprint density at radius 3 is 2.39 bits per heavy atom. The molecule has 0 radical (unpaired) electrons. The van der Waals surface area contributed by atoms with Crippen molar-refractivity contribution in [1.29, 1.82) is 0 Å². The van der Waals surface area contributed by atoms with Gasteiger partial charge in [0.05, 0.1) is 41.7 Å². The first-order chi connectivity index (χ1) is 21.2. The Morgan fingerprint density at radius 1 is 1.02 bits per heavy atom. The number of ether oxygens (including phenoxy) is 4. The van der Waals surface area contributed by atoms with Crippen molar-refractivity contribution in [2.75, 3.05) is 13.7 Å². The zero-order valence-corrected chi connectivity index (χ0v) is 25.3. The number of thiazole rings is 1. The molecular formula is C33H30F2N2O6S. The van der Waals surface area contributed by atoms with Crippen LogP contribution in [0.25, 0.3) is 11.8 Å². The number of alkyl halides is 2. The molecular weight excluding hydrogens is 590 g/mol. The van der Waals surface area contributed by atoms with Gasteiger partial charge in [0.1, 0.15) is 5.75 Å². The van der Waals surface area contributed by atoms with Crippen LogP contribution in [0.15, 0.2) is 88.2 Å². The van der Waals surface area contributed by atoms with Crippen LogP contribution in [0.4, 0.5) is 8.78 Å². The zero-order valence-electron chi connectivity index (χ0n) is 24.5. The second-order valence-corrected chi connectivity index (χ2v) is 11.0. The summed E-state index contributed by atoms with van der Waals surface area (Å²) in [6.07, 6.45) is 1.58. The predicted octanol–water partition coefficient (Wildman–Crippen LogP) is 5.33. The SMILES string of the molecule is CCOC(=O)C1=C(c2ccccc2)N=c2s/c(=C\c3ccc(OC(F)F)c(OC)c3)c(=O)n2[C@@H]1c1ccc(OC(C)C)cc1. The van der Waals surface area contributed by atoms with Gasteiger partial charge in [0.2, 0.25) is 0 Å². The number of methoxy groups -OCH3 is 1. The number of carbonyl (C=O) groups excluding carboxylic acids is 1. The first-order valence-corrected chi connectivity index (χ1v) is 14.7. The van der Waals surface area contributed by atoms with Crippen molar-refractivity contribution < 1.29 is 32.5 Å². The van der Waals surface area contributed by atoms with Crippen molar-refractivity contribution in [1.82, 2.24) is 4.57 Å². The van der Waals surface area contributed by atoms with Gasteiger partial charge in [0.25, 0.3) is 5.56 Å². The van der Waals surface area contributed by atoms with E-state index in [1.807, 2.05) is 56.3 Å². The summed E-state index contributed by atoms with van der Waals surface area (Å²) in [5.41, 5.74) is 2.12. The average molecular weight is 621 g/mol. The average Bonchev–Trinajstić information content (AvgIpc) is 3.31. The van der Waals surface area contributed by atoms with Gasteiger partial charge in [0, 0.05) is 5.56 Å². The van der Waals surface area contributed by atoms with Crippen LogP contribution >= 0.6 is 11.3 Å². The highest BCUT2D eigenvalue weighted by molar-refractivity contribution is 7.07. The molecule has 11 heteroatoms. The summed E-state index contributed by atoms with van der Waals surface area (Å²) in [6.45, 7) is 2.69. The second-order valence-electron chi connectivity index (χ2n) is 9.96. The third-order valence-electron chi connectivity index (χ3n) is 6.64. The minimum Gasteiger partial charge on any atom is -0.493 e. The highest BCUT2D eigenvalue weighted by Gasteiger charge is 2.35. The minimum atomic E-state index is -3.02. The summed E-state index contributed by atoms with van der Waals surface area (Å²) in [7, 11) is 1.34. The number of carbonyl (C=O) groups is 1. The maximum atomic E-state index is 14.1. The fourth-order valence-electron chi connectivity index (χ4n) is 4.88. The molecule has 0 saturated heterocycles. The van der Waals surface area contributed by atoms with Crippen LogP contribution in [0.1, 0.15) is 43.5 Å². The molecule has 0 N–H and O–H groups in total. The smallest absolute Gasteiger partial charge is 0.387 e. The van der Waals surface area contributed by atoms with Gasteiger partial charge < -0.3 is 18.9 Å². The highest BCUT2D eigenvalue weighted by Crippen LogP contribution is 2.36. The molecule has 1 aliphatic rings. The van der Waals surface area contributed by atoms with Crippen LogP contribution in [0.5, 0.6) is 17.2 Å². The Morgan fingerprint density at radius 2 is 1.75 bits per heavy atom. The van der Waals surface area contributed by atoms with Gasteiger partial charge in [-0.05, 0) is 62.2 Å². The molecule has 0 fully saturated rings. The largest absolute Gasteiger partial charge is 0.493 e. The van der Waals surface area contributed by atoms with E-state index in [9.17, 15) is 18.4 Å². The summed E-state index contributed by atoms with van der Waals surface area (Å²) >= 11 is 1.15. The topological polar surface area (TPSA) is 88.4 Å². The Balaban J connectivity index is 1.74. The van der Waals surface area contributed by atoms with Crippen LogP contribution in [0, 0.1) is 0 Å². The molecule has 0 amide bonds. The van der Waals surface area contributed by atoms with Crippen molar-refractivity contribution in [3.05, 3.63) is 115 Å². The lowest BCUT2D eigenvalue weighted by Gasteiger charge is -2.26. The quantitative estimate of drug-likeness (QED) is 0.223. The van der Waals surface area contributed by atoms with Gasteiger partial charge in [-0.3, -0.25) is 9.36 Å². The van der Waals surface area contributed by atoms with Crippen LogP contribution < -0.4 is 29.1 Å². The molecule has 228 valence electrons. The summed E-state index contributed by atoms with van der Waals surface area (Å²) in [4.78, 5) is 32.9. The number of aromatic nitrogens is 1. The van der Waals surface area contributed by atoms with Gasteiger partial charge >= 0.3 is 12.6 Å². The van der Waals surface area contributed by atoms with E-state index in [0.29, 0.717) is 37.5 Å². The lowest BCUT2D eigenvalue weighted by molar-refractivity contribution is -0.138. The van der Waals surface area contributed by atoms with Gasteiger partial charge in [-0.1, -0.05) is 59.9 Å². The molecule has 5 rings (SSSR count). The summed E-state index contributed by atoms with van der Waals surface area (Å²) in [5, 5.41) is 0. The minimum absolute atomic E-state index is 0.0344. The second kappa shape index (κ2) is 13.3. The Labute approximate surface area is 256 Å². The van der Waals surface area contributed by atoms with Crippen molar-refractivity contribution in [2.45, 2.75) is 39.5 Å². The van der Waals surface area contributed by atoms with E-state index >= 15 is 0 Å². The lowest BCUT2D eigenvalue weighted by atomic mass is 9.93. The standard InChI is InChI=1S/C33H30F2N2O6S/c1-5-41-31(39)27-28(21-9-7-6-8-10-21)36-33-37(29(27)22-12-14-23(15-13-22)42-19(2)3)30(38)26(44-33)18-20-11-16-24(43-32(34)35)25(17-20)40-4/h6-19,29,32H,5H2,1-4H3/b26-18-/t29-/m1/s1. The van der Waals surface area contributed by atoms with Gasteiger partial charge in [-0.25, -0.2) is 9.79 Å². The summed E-state index contributed by atoms with van der Waals surface area (Å²) < 4.78 is 48.5. The fraction of sp³-hybridized carbons (Fsp3) is 0.242. The Hall–Kier alpha value is -4.77. The molecule has 0 bridgehead atoms. The molecule has 8 nitrogen and oxygen atoms in total. The number of benzene rings is 3. The van der Waals surface area contributed by atoms with E-state index in [2.05, 4.69) is 4.74 Å². The van der Waals surface area contributed by atoms with E-state index < -0.39 is 18.6 Å². The van der Waals surface area contributed by atoms with Gasteiger partial charge in [0.15, 0.2) is 16.3 Å². The molecule has 4 aromatic rings. The number of hydrogen-bond acceptors (Lipinski definition) is 8. The maximum absolute atomic E-state index is 14.1. The molecule has 0 saturated carbocycles. The zero-order chi connectivity index (χ0) is 31.4. The van der Waals surface area contributed by atoms with E-state index in [-0.39, 0.29) is 35.3 Å². The Bertz CT molecular complexity index is 1860. The molecule has 1 atom stereocenters. The number of rotatable bonds is 10. The molecule has 0 aliphatic carbocycles. The van der Waals surface area contributed by atoms with Crippen molar-refractivity contribution in [2.24, 2.45) is 4.99 Å².